The fourth-order valence-corrected chi connectivity index (χ4v) is 2.78. The number of hydrogen-bond acceptors (Lipinski definition) is 3. The van der Waals surface area contributed by atoms with Crippen molar-refractivity contribution in [2.45, 2.75) is 13.0 Å². The molecule has 1 aromatic carbocycles. The maximum absolute atomic E-state index is 6.16. The summed E-state index contributed by atoms with van der Waals surface area (Å²) in [6, 6.07) is 7.23. The van der Waals surface area contributed by atoms with Crippen molar-refractivity contribution in [3.05, 3.63) is 76.3 Å². The van der Waals surface area contributed by atoms with Crippen molar-refractivity contribution in [2.75, 3.05) is 5.73 Å². The highest BCUT2D eigenvalue weighted by Crippen LogP contribution is 2.30. The first-order chi connectivity index (χ1) is 11.1. The largest absolute Gasteiger partial charge is 0.485 e. The number of nitrogens with zero attached hydrogens (tertiary/aromatic N) is 1. The molecule has 0 amide bonds. The molecule has 0 saturated carbocycles. The summed E-state index contributed by atoms with van der Waals surface area (Å²) in [6.45, 7) is 0.233. The Labute approximate surface area is 145 Å². The highest BCUT2D eigenvalue weighted by atomic mass is 35.5. The molecule has 1 aliphatic carbocycles. The molecule has 3 rings (SSSR count). The van der Waals surface area contributed by atoms with Crippen LogP contribution < -0.4 is 10.5 Å². The van der Waals surface area contributed by atoms with E-state index in [1.165, 1.54) is 0 Å². The van der Waals surface area contributed by atoms with Gasteiger partial charge in [0.1, 0.15) is 6.61 Å². The summed E-state index contributed by atoms with van der Waals surface area (Å²) in [5.41, 5.74) is 8.70. The second-order valence-electron chi connectivity index (χ2n) is 5.09. The highest BCUT2D eigenvalue weighted by Gasteiger charge is 2.10. The Hall–Kier alpha value is -1.97. The van der Waals surface area contributed by atoms with Crippen LogP contribution in [0.1, 0.15) is 17.5 Å². The van der Waals surface area contributed by atoms with Gasteiger partial charge < -0.3 is 10.5 Å². The molecule has 1 heterocycles. The van der Waals surface area contributed by atoms with Gasteiger partial charge in [-0.1, -0.05) is 47.5 Å². The van der Waals surface area contributed by atoms with Crippen molar-refractivity contribution < 1.29 is 4.74 Å². The Morgan fingerprint density at radius 1 is 1.22 bits per heavy atom. The Morgan fingerprint density at radius 2 is 2.00 bits per heavy atom. The number of aromatic nitrogens is 1. The molecule has 0 saturated heterocycles. The Balaban J connectivity index is 1.82. The number of benzene rings is 1. The average molecular weight is 346 g/mol. The molecule has 0 fully saturated rings. The zero-order valence-corrected chi connectivity index (χ0v) is 13.8. The van der Waals surface area contributed by atoms with Crippen LogP contribution >= 0.6 is 23.2 Å². The van der Waals surface area contributed by atoms with Gasteiger partial charge in [-0.25, -0.2) is 4.98 Å². The van der Waals surface area contributed by atoms with Crippen molar-refractivity contribution in [1.29, 1.82) is 0 Å². The summed E-state index contributed by atoms with van der Waals surface area (Å²) in [6.07, 6.45) is 10.9. The normalized spacial score (nSPS) is 13.7. The lowest BCUT2D eigenvalue weighted by Gasteiger charge is -2.13. The van der Waals surface area contributed by atoms with Gasteiger partial charge >= 0.3 is 0 Å². The van der Waals surface area contributed by atoms with Crippen molar-refractivity contribution in [1.82, 2.24) is 4.98 Å². The second-order valence-corrected chi connectivity index (χ2v) is 5.90. The quantitative estimate of drug-likeness (QED) is 0.838. The Morgan fingerprint density at radius 3 is 2.70 bits per heavy atom. The van der Waals surface area contributed by atoms with E-state index in [1.807, 2.05) is 18.2 Å². The number of nitrogens with two attached hydrogens (primary N) is 1. The first-order valence-electron chi connectivity index (χ1n) is 7.17. The molecular weight excluding hydrogens is 331 g/mol. The van der Waals surface area contributed by atoms with Gasteiger partial charge in [-0.05, 0) is 36.6 Å². The molecule has 1 radical (unpaired) electrons. The molecule has 2 aromatic rings. The third-order valence-electron chi connectivity index (χ3n) is 3.53. The van der Waals surface area contributed by atoms with Crippen molar-refractivity contribution in [3.8, 4) is 5.75 Å². The minimum atomic E-state index is 0.233. The van der Waals surface area contributed by atoms with E-state index in [9.17, 15) is 0 Å². The van der Waals surface area contributed by atoms with Crippen molar-refractivity contribution in [3.63, 3.8) is 0 Å². The van der Waals surface area contributed by atoms with Gasteiger partial charge in [0.05, 0.1) is 0 Å². The summed E-state index contributed by atoms with van der Waals surface area (Å²) in [7, 11) is 0. The Kier molecular flexibility index (Phi) is 4.89. The van der Waals surface area contributed by atoms with Crippen LogP contribution in [0.2, 0.25) is 10.0 Å². The number of nitrogen functional groups attached to an aromatic ring is 1. The van der Waals surface area contributed by atoms with E-state index in [2.05, 4.69) is 17.5 Å². The third-order valence-corrected chi connectivity index (χ3v) is 4.24. The summed E-state index contributed by atoms with van der Waals surface area (Å²) in [5, 5.41) is 1.13. The van der Waals surface area contributed by atoms with E-state index in [4.69, 9.17) is 33.7 Å². The molecule has 0 bridgehead atoms. The molecule has 0 aliphatic heterocycles. The van der Waals surface area contributed by atoms with Crippen LogP contribution in [0, 0.1) is 6.42 Å². The van der Waals surface area contributed by atoms with E-state index in [0.717, 1.165) is 23.1 Å². The summed E-state index contributed by atoms with van der Waals surface area (Å²) in [4.78, 5) is 4.21. The van der Waals surface area contributed by atoms with Crippen LogP contribution in [0.4, 0.5) is 5.82 Å². The number of halogens is 2. The predicted molar refractivity (Wildman–Crippen MR) is 95.5 cm³/mol. The molecule has 2 N–H and O–H groups in total. The van der Waals surface area contributed by atoms with Crippen LogP contribution in [0.5, 0.6) is 5.75 Å². The van der Waals surface area contributed by atoms with Gasteiger partial charge in [-0.3, -0.25) is 0 Å². The molecule has 1 aromatic heterocycles. The molecule has 117 valence electrons. The monoisotopic (exact) mass is 345 g/mol. The van der Waals surface area contributed by atoms with Crippen molar-refractivity contribution in [2.24, 2.45) is 0 Å². The Bertz CT molecular complexity index is 764. The number of rotatable bonds is 4. The molecule has 3 nitrogen and oxygen atoms in total. The number of ether oxygens (including phenoxy) is 1. The van der Waals surface area contributed by atoms with E-state index < -0.39 is 0 Å². The van der Waals surface area contributed by atoms with E-state index in [1.54, 1.807) is 24.4 Å². The van der Waals surface area contributed by atoms with Gasteiger partial charge in [0.2, 0.25) is 0 Å². The topological polar surface area (TPSA) is 48.1 Å². The second kappa shape index (κ2) is 7.07. The van der Waals surface area contributed by atoms with Gasteiger partial charge in [-0.15, -0.1) is 0 Å². The smallest absolute Gasteiger partial charge is 0.166 e. The summed E-state index contributed by atoms with van der Waals surface area (Å²) < 4.78 is 5.80. The number of hydrogen-bond donors (Lipinski definition) is 1. The van der Waals surface area contributed by atoms with Gasteiger partial charge in [0.25, 0.3) is 0 Å². The van der Waals surface area contributed by atoms with E-state index in [-0.39, 0.29) is 6.61 Å². The zero-order valence-electron chi connectivity index (χ0n) is 12.3. The van der Waals surface area contributed by atoms with Crippen LogP contribution in [-0.2, 0) is 6.61 Å². The third kappa shape index (κ3) is 3.69. The predicted octanol–water partition coefficient (Wildman–Crippen LogP) is 5.10. The zero-order chi connectivity index (χ0) is 16.2. The molecule has 0 atom stereocenters. The fourth-order valence-electron chi connectivity index (χ4n) is 2.28. The van der Waals surface area contributed by atoms with Gasteiger partial charge in [0, 0.05) is 27.4 Å². The highest BCUT2D eigenvalue weighted by molar-refractivity contribution is 6.35. The molecular formula is C18H15Cl2N2O. The number of pyridine rings is 1. The molecule has 23 heavy (non-hydrogen) atoms. The lowest BCUT2D eigenvalue weighted by atomic mass is 10.0. The first-order valence-corrected chi connectivity index (χ1v) is 7.92. The summed E-state index contributed by atoms with van der Waals surface area (Å²) >= 11 is 12.3. The SMILES string of the molecule is Nc1ncc(C2=CC[CH]C=C2)cc1OCc1c(Cl)cccc1Cl. The summed E-state index contributed by atoms with van der Waals surface area (Å²) in [5.74, 6) is 0.853. The molecule has 5 heteroatoms. The molecule has 0 unspecified atom stereocenters. The van der Waals surface area contributed by atoms with Crippen LogP contribution in [0.3, 0.4) is 0 Å². The standard InChI is InChI=1S/C18H15Cl2N2O/c19-15-7-4-8-16(20)14(15)11-23-17-9-13(10-22-18(17)21)12-5-2-1-3-6-12/h1-2,4-10H,3,11H2,(H2,21,22). The van der Waals surface area contributed by atoms with Crippen molar-refractivity contribution >= 4 is 34.6 Å². The van der Waals surface area contributed by atoms with Crippen LogP contribution in [-0.4, -0.2) is 4.98 Å². The number of allylic oxidation sites excluding steroid dienone is 4. The van der Waals surface area contributed by atoms with Gasteiger partial charge in [-0.2, -0.15) is 0 Å². The van der Waals surface area contributed by atoms with E-state index >= 15 is 0 Å². The average Bonchev–Trinajstić information content (AvgIpc) is 2.57. The maximum Gasteiger partial charge on any atom is 0.166 e. The lowest BCUT2D eigenvalue weighted by Crippen LogP contribution is -2.02. The minimum Gasteiger partial charge on any atom is -0.485 e. The molecule has 1 aliphatic rings. The van der Waals surface area contributed by atoms with E-state index in [0.29, 0.717) is 21.6 Å². The maximum atomic E-state index is 6.16. The minimum absolute atomic E-state index is 0.233. The fraction of sp³-hybridized carbons (Fsp3) is 0.111. The van der Waals surface area contributed by atoms with Gasteiger partial charge in [0.15, 0.2) is 11.6 Å². The number of anilines is 1. The van der Waals surface area contributed by atoms with Crippen LogP contribution in [0.25, 0.3) is 5.57 Å². The first kappa shape index (κ1) is 15.9. The van der Waals surface area contributed by atoms with Crippen LogP contribution in [0.15, 0.2) is 48.7 Å². The molecule has 0 spiro atoms. The lowest BCUT2D eigenvalue weighted by molar-refractivity contribution is 0.307.